The predicted octanol–water partition coefficient (Wildman–Crippen LogP) is 5.01. The maximum absolute atomic E-state index is 11.7. The van der Waals surface area contributed by atoms with E-state index in [9.17, 15) is 9.90 Å². The number of carbonyl (C=O) groups excluding carboxylic acids is 1. The van der Waals surface area contributed by atoms with Crippen molar-refractivity contribution < 1.29 is 19.4 Å². The molecule has 2 aromatic rings. The summed E-state index contributed by atoms with van der Waals surface area (Å²) in [5.74, 6) is 0.469. The van der Waals surface area contributed by atoms with E-state index < -0.39 is 5.97 Å². The standard InChI is InChI=1S/C23H24O4/c1-3-6-18(2)27-23(25)17-26-22-15-11-20(12-16-22)8-5-4-7-19-9-13-21(24)14-10-19/h3-16,18,24H,17H2,1-2H3. The molecular weight excluding hydrogens is 340 g/mol. The van der Waals surface area contributed by atoms with Crippen molar-refractivity contribution in [1.29, 1.82) is 0 Å². The molecule has 0 spiro atoms. The van der Waals surface area contributed by atoms with Crippen molar-refractivity contribution in [1.82, 2.24) is 0 Å². The monoisotopic (exact) mass is 364 g/mol. The first-order chi connectivity index (χ1) is 13.1. The molecule has 140 valence electrons. The first-order valence-corrected chi connectivity index (χ1v) is 8.76. The average Bonchev–Trinajstić information content (AvgIpc) is 2.66. The van der Waals surface area contributed by atoms with Crippen LogP contribution < -0.4 is 4.74 Å². The van der Waals surface area contributed by atoms with E-state index in [4.69, 9.17) is 9.47 Å². The summed E-state index contributed by atoms with van der Waals surface area (Å²) in [6, 6.07) is 14.4. The van der Waals surface area contributed by atoms with Gasteiger partial charge < -0.3 is 14.6 Å². The van der Waals surface area contributed by atoms with E-state index in [1.807, 2.05) is 73.7 Å². The van der Waals surface area contributed by atoms with Crippen LogP contribution in [0.3, 0.4) is 0 Å². The van der Waals surface area contributed by atoms with Gasteiger partial charge in [-0.3, -0.25) is 0 Å². The van der Waals surface area contributed by atoms with Crippen molar-refractivity contribution in [2.24, 2.45) is 0 Å². The van der Waals surface area contributed by atoms with Crippen molar-refractivity contribution in [2.75, 3.05) is 6.61 Å². The molecule has 0 aromatic heterocycles. The molecule has 0 radical (unpaired) electrons. The molecule has 0 amide bonds. The Hall–Kier alpha value is -3.27. The minimum absolute atomic E-state index is 0.119. The molecule has 1 unspecified atom stereocenters. The minimum Gasteiger partial charge on any atom is -0.508 e. The van der Waals surface area contributed by atoms with Crippen LogP contribution in [0.5, 0.6) is 11.5 Å². The fourth-order valence-electron chi connectivity index (χ4n) is 2.29. The zero-order valence-corrected chi connectivity index (χ0v) is 15.5. The Bertz CT molecular complexity index is 799. The van der Waals surface area contributed by atoms with E-state index >= 15 is 0 Å². The van der Waals surface area contributed by atoms with Gasteiger partial charge in [0.25, 0.3) is 0 Å². The van der Waals surface area contributed by atoms with E-state index in [1.165, 1.54) is 0 Å². The number of aromatic hydroxyl groups is 1. The van der Waals surface area contributed by atoms with Gasteiger partial charge >= 0.3 is 5.97 Å². The van der Waals surface area contributed by atoms with E-state index in [0.29, 0.717) is 5.75 Å². The Kier molecular flexibility index (Phi) is 7.92. The van der Waals surface area contributed by atoms with E-state index in [2.05, 4.69) is 0 Å². The SMILES string of the molecule is CC=CC(C)OC(=O)COc1ccc(C=CC=Cc2ccc(O)cc2)cc1. The topological polar surface area (TPSA) is 55.8 Å². The van der Waals surface area contributed by atoms with Gasteiger partial charge in [-0.1, -0.05) is 54.6 Å². The Morgan fingerprint density at radius 2 is 1.56 bits per heavy atom. The zero-order valence-electron chi connectivity index (χ0n) is 15.5. The Morgan fingerprint density at radius 3 is 2.11 bits per heavy atom. The number of rotatable bonds is 8. The minimum atomic E-state index is -0.399. The molecule has 0 bridgehead atoms. The van der Waals surface area contributed by atoms with E-state index in [1.54, 1.807) is 25.1 Å². The lowest BCUT2D eigenvalue weighted by Gasteiger charge is -2.10. The quantitative estimate of drug-likeness (QED) is 0.407. The zero-order chi connectivity index (χ0) is 19.5. The molecule has 27 heavy (non-hydrogen) atoms. The summed E-state index contributed by atoms with van der Waals surface area (Å²) in [5, 5.41) is 9.25. The summed E-state index contributed by atoms with van der Waals surface area (Å²) in [6.45, 7) is 3.56. The van der Waals surface area contributed by atoms with Crippen molar-refractivity contribution in [3.63, 3.8) is 0 Å². The molecule has 0 fully saturated rings. The van der Waals surface area contributed by atoms with Crippen LogP contribution in [0, 0.1) is 0 Å². The number of ether oxygens (including phenoxy) is 2. The molecule has 2 rings (SSSR count). The summed E-state index contributed by atoms with van der Waals surface area (Å²) >= 11 is 0. The molecule has 0 aliphatic rings. The molecule has 4 heteroatoms. The van der Waals surface area contributed by atoms with Crippen LogP contribution in [0.25, 0.3) is 12.2 Å². The predicted molar refractivity (Wildman–Crippen MR) is 108 cm³/mol. The highest BCUT2D eigenvalue weighted by Gasteiger charge is 2.07. The molecule has 1 atom stereocenters. The largest absolute Gasteiger partial charge is 0.508 e. The Balaban J connectivity index is 1.80. The van der Waals surface area contributed by atoms with E-state index in [-0.39, 0.29) is 18.5 Å². The van der Waals surface area contributed by atoms with Gasteiger partial charge in [0.1, 0.15) is 17.6 Å². The fourth-order valence-corrected chi connectivity index (χ4v) is 2.29. The molecular formula is C23H24O4. The second-order valence-electron chi connectivity index (χ2n) is 5.89. The van der Waals surface area contributed by atoms with Gasteiger partial charge in [-0.15, -0.1) is 0 Å². The van der Waals surface area contributed by atoms with Gasteiger partial charge in [-0.05, 0) is 55.3 Å². The molecule has 0 saturated carbocycles. The number of hydrogen-bond acceptors (Lipinski definition) is 4. The summed E-state index contributed by atoms with van der Waals surface area (Å²) < 4.78 is 10.6. The summed E-state index contributed by atoms with van der Waals surface area (Å²) in [6.07, 6.45) is 11.2. The smallest absolute Gasteiger partial charge is 0.344 e. The van der Waals surface area contributed by atoms with Crippen molar-refractivity contribution in [3.8, 4) is 11.5 Å². The Labute approximate surface area is 160 Å². The van der Waals surface area contributed by atoms with Crippen molar-refractivity contribution in [3.05, 3.63) is 84.0 Å². The van der Waals surface area contributed by atoms with Crippen molar-refractivity contribution in [2.45, 2.75) is 20.0 Å². The van der Waals surface area contributed by atoms with Gasteiger partial charge in [0.2, 0.25) is 0 Å². The van der Waals surface area contributed by atoms with Crippen LogP contribution in [-0.2, 0) is 9.53 Å². The number of hydrogen-bond donors (Lipinski definition) is 1. The number of allylic oxidation sites excluding steroid dienone is 3. The third-order valence-corrected chi connectivity index (χ3v) is 3.60. The van der Waals surface area contributed by atoms with Gasteiger partial charge in [-0.25, -0.2) is 4.79 Å². The van der Waals surface area contributed by atoms with Gasteiger partial charge in [-0.2, -0.15) is 0 Å². The molecule has 1 N–H and O–H groups in total. The second-order valence-corrected chi connectivity index (χ2v) is 5.89. The molecule has 0 saturated heterocycles. The number of esters is 1. The molecule has 0 aliphatic heterocycles. The first-order valence-electron chi connectivity index (χ1n) is 8.76. The maximum Gasteiger partial charge on any atom is 0.344 e. The summed E-state index contributed by atoms with van der Waals surface area (Å²) in [5.41, 5.74) is 2.03. The third-order valence-electron chi connectivity index (χ3n) is 3.60. The lowest BCUT2D eigenvalue weighted by molar-refractivity contribution is -0.148. The van der Waals surface area contributed by atoms with Gasteiger partial charge in [0.15, 0.2) is 6.61 Å². The van der Waals surface area contributed by atoms with Crippen LogP contribution >= 0.6 is 0 Å². The lowest BCUT2D eigenvalue weighted by atomic mass is 10.2. The summed E-state index contributed by atoms with van der Waals surface area (Å²) in [4.78, 5) is 11.7. The highest BCUT2D eigenvalue weighted by Crippen LogP contribution is 2.14. The molecule has 0 aliphatic carbocycles. The van der Waals surface area contributed by atoms with Crippen molar-refractivity contribution >= 4 is 18.1 Å². The van der Waals surface area contributed by atoms with Crippen LogP contribution in [0.1, 0.15) is 25.0 Å². The second kappa shape index (κ2) is 10.7. The number of phenolic OH excluding ortho intramolecular Hbond substituents is 1. The molecule has 2 aromatic carbocycles. The number of carbonyl (C=O) groups is 1. The van der Waals surface area contributed by atoms with Gasteiger partial charge in [0.05, 0.1) is 0 Å². The van der Waals surface area contributed by atoms with Crippen LogP contribution in [-0.4, -0.2) is 23.8 Å². The van der Waals surface area contributed by atoms with Crippen LogP contribution in [0.2, 0.25) is 0 Å². The summed E-state index contributed by atoms with van der Waals surface area (Å²) in [7, 11) is 0. The van der Waals surface area contributed by atoms with Gasteiger partial charge in [0, 0.05) is 0 Å². The van der Waals surface area contributed by atoms with Crippen LogP contribution in [0.15, 0.2) is 72.8 Å². The third kappa shape index (κ3) is 7.65. The lowest BCUT2D eigenvalue weighted by Crippen LogP contribution is -2.19. The first kappa shape index (κ1) is 20.0. The number of phenols is 1. The molecule has 4 nitrogen and oxygen atoms in total. The molecule has 0 heterocycles. The fraction of sp³-hybridized carbons (Fsp3) is 0.174. The number of benzene rings is 2. The highest BCUT2D eigenvalue weighted by molar-refractivity contribution is 5.71. The normalized spacial score (nSPS) is 12.7. The maximum atomic E-state index is 11.7. The Morgan fingerprint density at radius 1 is 1.00 bits per heavy atom. The van der Waals surface area contributed by atoms with E-state index in [0.717, 1.165) is 11.1 Å². The highest BCUT2D eigenvalue weighted by atomic mass is 16.6. The average molecular weight is 364 g/mol. The van der Waals surface area contributed by atoms with Crippen LogP contribution in [0.4, 0.5) is 0 Å².